The average Bonchev–Trinajstić information content (AvgIpc) is 3.21. The fraction of sp³-hybridized carbons (Fsp3) is 0.483. The summed E-state index contributed by atoms with van der Waals surface area (Å²) in [5.74, 6) is -1.07. The van der Waals surface area contributed by atoms with E-state index in [1.54, 1.807) is 22.8 Å². The van der Waals surface area contributed by atoms with Crippen molar-refractivity contribution in [2.24, 2.45) is 0 Å². The highest BCUT2D eigenvalue weighted by Gasteiger charge is 2.24. The number of fused-ring (bicyclic) bond motifs is 1. The first-order valence-corrected chi connectivity index (χ1v) is 14.9. The maximum absolute atomic E-state index is 14.2. The first kappa shape index (κ1) is 26.4. The minimum absolute atomic E-state index is 0.0478. The molecule has 1 amide bonds. The number of sulfone groups is 1. The standard InChI is InChI=1S/C29H37FN2O3S/c30-26-18-12-10-14-23(26)22-36(34,35)28-20-32(27-19-13-11-17-25(27)28)21-29(33)31-24-15-8-6-4-2-1-3-5-7-9-16-24/h10-14,17-20,24H,1-9,15-16,21-22H2,(H,31,33). The molecule has 194 valence electrons. The lowest BCUT2D eigenvalue weighted by Gasteiger charge is -2.20. The molecule has 7 heteroatoms. The van der Waals surface area contributed by atoms with E-state index in [0.29, 0.717) is 10.9 Å². The smallest absolute Gasteiger partial charge is 0.240 e. The van der Waals surface area contributed by atoms with E-state index in [4.69, 9.17) is 0 Å². The fourth-order valence-corrected chi connectivity index (χ4v) is 6.82. The van der Waals surface area contributed by atoms with Crippen molar-refractivity contribution in [3.05, 3.63) is 66.1 Å². The van der Waals surface area contributed by atoms with Gasteiger partial charge in [-0.1, -0.05) is 94.2 Å². The largest absolute Gasteiger partial charge is 0.352 e. The Morgan fingerprint density at radius 1 is 0.861 bits per heavy atom. The van der Waals surface area contributed by atoms with Crippen LogP contribution in [0.3, 0.4) is 0 Å². The van der Waals surface area contributed by atoms with Crippen LogP contribution in [-0.4, -0.2) is 24.9 Å². The molecular formula is C29H37FN2O3S. The van der Waals surface area contributed by atoms with E-state index in [1.165, 1.54) is 69.3 Å². The number of nitrogens with one attached hydrogen (secondary N) is 1. The number of carbonyl (C=O) groups is 1. The summed E-state index contributed by atoms with van der Waals surface area (Å²) in [6, 6.07) is 13.2. The fourth-order valence-electron chi connectivity index (χ4n) is 5.23. The maximum Gasteiger partial charge on any atom is 0.240 e. The third kappa shape index (κ3) is 6.96. The van der Waals surface area contributed by atoms with Gasteiger partial charge >= 0.3 is 0 Å². The lowest BCUT2D eigenvalue weighted by molar-refractivity contribution is -0.122. The van der Waals surface area contributed by atoms with Crippen LogP contribution in [0.2, 0.25) is 0 Å². The Hall–Kier alpha value is -2.67. The van der Waals surface area contributed by atoms with Gasteiger partial charge in [0.15, 0.2) is 9.84 Å². The lowest BCUT2D eigenvalue weighted by atomic mass is 9.98. The van der Waals surface area contributed by atoms with Crippen LogP contribution in [0.15, 0.2) is 59.6 Å². The number of aromatic nitrogens is 1. The molecule has 4 rings (SSSR count). The molecule has 1 aliphatic carbocycles. The first-order valence-electron chi connectivity index (χ1n) is 13.3. The van der Waals surface area contributed by atoms with Gasteiger partial charge in [-0.25, -0.2) is 12.8 Å². The monoisotopic (exact) mass is 512 g/mol. The SMILES string of the molecule is O=C(Cn1cc(S(=O)(=O)Cc2ccccc2F)c2ccccc21)NC1CCCCCCCCCCC1. The lowest BCUT2D eigenvalue weighted by Crippen LogP contribution is -2.37. The van der Waals surface area contributed by atoms with Crippen LogP contribution in [-0.2, 0) is 26.9 Å². The Balaban J connectivity index is 1.49. The van der Waals surface area contributed by atoms with Gasteiger partial charge < -0.3 is 9.88 Å². The number of halogens is 1. The van der Waals surface area contributed by atoms with Crippen LogP contribution in [0.1, 0.15) is 76.2 Å². The summed E-state index contributed by atoms with van der Waals surface area (Å²) in [7, 11) is -3.82. The summed E-state index contributed by atoms with van der Waals surface area (Å²) in [4.78, 5) is 13.2. The number of carbonyl (C=O) groups excluding carboxylic acids is 1. The third-order valence-corrected chi connectivity index (χ3v) is 8.86. The molecule has 0 radical (unpaired) electrons. The zero-order valence-corrected chi connectivity index (χ0v) is 21.7. The molecule has 0 aliphatic heterocycles. The minimum atomic E-state index is -3.82. The molecule has 1 aromatic heterocycles. The molecule has 1 aliphatic rings. The Morgan fingerprint density at radius 3 is 2.11 bits per heavy atom. The van der Waals surface area contributed by atoms with Gasteiger partial charge in [0.1, 0.15) is 12.4 Å². The van der Waals surface area contributed by atoms with E-state index in [0.717, 1.165) is 25.7 Å². The number of nitrogens with zero attached hydrogens (tertiary/aromatic N) is 1. The molecule has 1 fully saturated rings. The van der Waals surface area contributed by atoms with Crippen LogP contribution >= 0.6 is 0 Å². The summed E-state index contributed by atoms with van der Waals surface area (Å²) in [5, 5.41) is 3.77. The predicted molar refractivity (Wildman–Crippen MR) is 142 cm³/mol. The van der Waals surface area contributed by atoms with Gasteiger partial charge in [-0.3, -0.25) is 4.79 Å². The number of rotatable bonds is 6. The molecule has 0 unspecified atom stereocenters. The van der Waals surface area contributed by atoms with Crippen LogP contribution in [0.25, 0.3) is 10.9 Å². The molecular weight excluding hydrogens is 475 g/mol. The van der Waals surface area contributed by atoms with Crippen LogP contribution < -0.4 is 5.32 Å². The van der Waals surface area contributed by atoms with Gasteiger partial charge in [0.05, 0.1) is 10.6 Å². The zero-order valence-electron chi connectivity index (χ0n) is 20.9. The maximum atomic E-state index is 14.2. The third-order valence-electron chi connectivity index (χ3n) is 7.17. The molecule has 3 aromatic rings. The number of hydrogen-bond acceptors (Lipinski definition) is 3. The van der Waals surface area contributed by atoms with E-state index in [2.05, 4.69) is 5.32 Å². The molecule has 5 nitrogen and oxygen atoms in total. The van der Waals surface area contributed by atoms with Crippen molar-refractivity contribution in [2.75, 3.05) is 0 Å². The molecule has 0 saturated heterocycles. The van der Waals surface area contributed by atoms with Crippen LogP contribution in [0.5, 0.6) is 0 Å². The summed E-state index contributed by atoms with van der Waals surface area (Å²) in [6.45, 7) is 0.0478. The second-order valence-corrected chi connectivity index (χ2v) is 12.0. The van der Waals surface area contributed by atoms with Crippen molar-refractivity contribution in [3.8, 4) is 0 Å². The van der Waals surface area contributed by atoms with Gasteiger partial charge in [0.25, 0.3) is 0 Å². The van der Waals surface area contributed by atoms with Crippen molar-refractivity contribution in [3.63, 3.8) is 0 Å². The van der Waals surface area contributed by atoms with Crippen molar-refractivity contribution in [1.82, 2.24) is 9.88 Å². The summed E-state index contributed by atoms with van der Waals surface area (Å²) in [6.07, 6.45) is 14.6. The Bertz CT molecular complexity index is 1260. The van der Waals surface area contributed by atoms with Crippen molar-refractivity contribution in [1.29, 1.82) is 0 Å². The highest BCUT2D eigenvalue weighted by atomic mass is 32.2. The Labute approximate surface area is 214 Å². The summed E-state index contributed by atoms with van der Waals surface area (Å²) < 4.78 is 42.4. The first-order chi connectivity index (χ1) is 17.4. The molecule has 1 saturated carbocycles. The van der Waals surface area contributed by atoms with E-state index < -0.39 is 21.4 Å². The zero-order chi connectivity index (χ0) is 25.4. The number of para-hydroxylation sites is 1. The normalized spacial score (nSPS) is 16.8. The molecule has 1 N–H and O–H groups in total. The van der Waals surface area contributed by atoms with E-state index >= 15 is 0 Å². The van der Waals surface area contributed by atoms with E-state index in [1.807, 2.05) is 12.1 Å². The van der Waals surface area contributed by atoms with Crippen molar-refractivity contribution < 1.29 is 17.6 Å². The number of amides is 1. The molecule has 0 bridgehead atoms. The van der Waals surface area contributed by atoms with Gasteiger partial charge in [-0.2, -0.15) is 0 Å². The van der Waals surface area contributed by atoms with Crippen molar-refractivity contribution in [2.45, 2.75) is 93.9 Å². The highest BCUT2D eigenvalue weighted by Crippen LogP contribution is 2.28. The molecule has 1 heterocycles. The van der Waals surface area contributed by atoms with E-state index in [9.17, 15) is 17.6 Å². The second kappa shape index (κ2) is 12.5. The molecule has 0 atom stereocenters. The summed E-state index contributed by atoms with van der Waals surface area (Å²) in [5.41, 5.74) is 0.813. The highest BCUT2D eigenvalue weighted by molar-refractivity contribution is 7.90. The average molecular weight is 513 g/mol. The van der Waals surface area contributed by atoms with Crippen molar-refractivity contribution >= 4 is 26.6 Å². The Kier molecular flexibility index (Phi) is 9.19. The van der Waals surface area contributed by atoms with Gasteiger partial charge in [0, 0.05) is 28.7 Å². The number of benzene rings is 2. The molecule has 36 heavy (non-hydrogen) atoms. The topological polar surface area (TPSA) is 68.2 Å². The van der Waals surface area contributed by atoms with E-state index in [-0.39, 0.29) is 29.0 Å². The summed E-state index contributed by atoms with van der Waals surface area (Å²) >= 11 is 0. The Morgan fingerprint density at radius 2 is 1.44 bits per heavy atom. The number of hydrogen-bond donors (Lipinski definition) is 1. The molecule has 2 aromatic carbocycles. The van der Waals surface area contributed by atoms with Crippen LogP contribution in [0.4, 0.5) is 4.39 Å². The van der Waals surface area contributed by atoms with Gasteiger partial charge in [-0.15, -0.1) is 0 Å². The molecule has 0 spiro atoms. The van der Waals surface area contributed by atoms with Gasteiger partial charge in [0.2, 0.25) is 5.91 Å². The minimum Gasteiger partial charge on any atom is -0.352 e. The van der Waals surface area contributed by atoms with Crippen LogP contribution in [0, 0.1) is 5.82 Å². The quantitative estimate of drug-likeness (QED) is 0.408. The second-order valence-electron chi connectivity index (χ2n) is 10.0. The predicted octanol–water partition coefficient (Wildman–Crippen LogP) is 6.54. The van der Waals surface area contributed by atoms with Gasteiger partial charge in [-0.05, 0) is 25.0 Å².